The molecule has 0 saturated carbocycles. The van der Waals surface area contributed by atoms with Gasteiger partial charge in [0.25, 0.3) is 0 Å². The van der Waals surface area contributed by atoms with Gasteiger partial charge >= 0.3 is 0 Å². The fraction of sp³-hybridized carbons (Fsp3) is 0.440. The molecule has 31 heavy (non-hydrogen) atoms. The minimum Gasteiger partial charge on any atom is -0.497 e. The highest BCUT2D eigenvalue weighted by Gasteiger charge is 2.46. The van der Waals surface area contributed by atoms with Gasteiger partial charge in [-0.2, -0.15) is 0 Å². The summed E-state index contributed by atoms with van der Waals surface area (Å²) >= 11 is 0. The zero-order valence-corrected chi connectivity index (χ0v) is 18.4. The minimum absolute atomic E-state index is 0.0327. The van der Waals surface area contributed by atoms with Crippen LogP contribution in [0.5, 0.6) is 11.5 Å². The molecule has 2 fully saturated rings. The second-order valence-electron chi connectivity index (χ2n) is 8.50. The van der Waals surface area contributed by atoms with Crippen LogP contribution in [0.3, 0.4) is 0 Å². The smallest absolute Gasteiger partial charge is 0.228 e. The van der Waals surface area contributed by atoms with Crippen molar-refractivity contribution in [3.8, 4) is 11.5 Å². The Balaban J connectivity index is 1.69. The highest BCUT2D eigenvalue weighted by Crippen LogP contribution is 2.43. The van der Waals surface area contributed by atoms with Crippen LogP contribution in [-0.2, 0) is 9.59 Å². The molecule has 0 radical (unpaired) electrons. The predicted octanol–water partition coefficient (Wildman–Crippen LogP) is 4.06. The number of anilines is 1. The van der Waals surface area contributed by atoms with Crippen LogP contribution in [0.2, 0.25) is 0 Å². The van der Waals surface area contributed by atoms with Crippen molar-refractivity contribution in [3.63, 3.8) is 0 Å². The zero-order valence-electron chi connectivity index (χ0n) is 18.4. The van der Waals surface area contributed by atoms with Crippen LogP contribution in [0.1, 0.15) is 37.8 Å². The Bertz CT molecular complexity index is 918. The summed E-state index contributed by atoms with van der Waals surface area (Å²) < 4.78 is 10.6. The third kappa shape index (κ3) is 4.24. The predicted molar refractivity (Wildman–Crippen MR) is 119 cm³/mol. The molecule has 2 aromatic rings. The third-order valence-corrected chi connectivity index (χ3v) is 6.54. The van der Waals surface area contributed by atoms with E-state index in [1.165, 1.54) is 0 Å². The largest absolute Gasteiger partial charge is 0.497 e. The molecule has 2 heterocycles. The second-order valence-corrected chi connectivity index (χ2v) is 8.50. The van der Waals surface area contributed by atoms with Gasteiger partial charge < -0.3 is 19.3 Å². The maximum Gasteiger partial charge on any atom is 0.228 e. The zero-order chi connectivity index (χ0) is 22.0. The van der Waals surface area contributed by atoms with Gasteiger partial charge in [0.15, 0.2) is 0 Å². The summed E-state index contributed by atoms with van der Waals surface area (Å²) in [6, 6.07) is 14.8. The van der Waals surface area contributed by atoms with E-state index in [1.807, 2.05) is 53.4 Å². The Morgan fingerprint density at radius 2 is 1.45 bits per heavy atom. The number of carbonyl (C=O) groups is 2. The van der Waals surface area contributed by atoms with E-state index in [1.54, 1.807) is 19.1 Å². The minimum atomic E-state index is -0.406. The standard InChI is InChI=1S/C25H30N2O4/c1-17-12-14-26(15-13-17)25(29)22-16-23(28)27(19-6-10-21(31-3)11-7-19)24(22)18-4-8-20(30-2)9-5-18/h4-11,17,22,24H,12-16H2,1-3H3/t22-,24+/m1/s1. The third-order valence-electron chi connectivity index (χ3n) is 6.54. The van der Waals surface area contributed by atoms with Gasteiger partial charge in [-0.25, -0.2) is 0 Å². The van der Waals surface area contributed by atoms with Gasteiger partial charge in [-0.15, -0.1) is 0 Å². The Kier molecular flexibility index (Phi) is 6.16. The molecule has 2 atom stereocenters. The summed E-state index contributed by atoms with van der Waals surface area (Å²) in [7, 11) is 3.24. The lowest BCUT2D eigenvalue weighted by molar-refractivity contribution is -0.137. The van der Waals surface area contributed by atoms with E-state index < -0.39 is 5.92 Å². The lowest BCUT2D eigenvalue weighted by Crippen LogP contribution is -2.43. The molecule has 0 aliphatic carbocycles. The van der Waals surface area contributed by atoms with Gasteiger partial charge in [0, 0.05) is 25.2 Å². The van der Waals surface area contributed by atoms with Crippen molar-refractivity contribution in [2.75, 3.05) is 32.2 Å². The quantitative estimate of drug-likeness (QED) is 0.729. The van der Waals surface area contributed by atoms with E-state index in [-0.39, 0.29) is 24.3 Å². The maximum absolute atomic E-state index is 13.5. The normalized spacial score (nSPS) is 22.0. The highest BCUT2D eigenvalue weighted by atomic mass is 16.5. The molecular formula is C25H30N2O4. The number of ether oxygens (including phenoxy) is 2. The molecule has 2 aliphatic rings. The van der Waals surface area contributed by atoms with Gasteiger partial charge in [-0.1, -0.05) is 19.1 Å². The van der Waals surface area contributed by atoms with Crippen LogP contribution in [-0.4, -0.2) is 44.0 Å². The average Bonchev–Trinajstić information content (AvgIpc) is 3.16. The maximum atomic E-state index is 13.5. The van der Waals surface area contributed by atoms with Crippen molar-refractivity contribution in [3.05, 3.63) is 54.1 Å². The molecule has 0 bridgehead atoms. The van der Waals surface area contributed by atoms with E-state index in [4.69, 9.17) is 9.47 Å². The first kappa shape index (κ1) is 21.2. The number of piperidine rings is 1. The van der Waals surface area contributed by atoms with Crippen molar-refractivity contribution in [1.82, 2.24) is 4.90 Å². The number of amides is 2. The lowest BCUT2D eigenvalue weighted by Gasteiger charge is -2.35. The number of hydrogen-bond acceptors (Lipinski definition) is 4. The summed E-state index contributed by atoms with van der Waals surface area (Å²) in [5, 5.41) is 0. The molecule has 0 spiro atoms. The summed E-state index contributed by atoms with van der Waals surface area (Å²) in [5.74, 6) is 1.76. The number of carbonyl (C=O) groups excluding carboxylic acids is 2. The topological polar surface area (TPSA) is 59.1 Å². The van der Waals surface area contributed by atoms with Crippen molar-refractivity contribution >= 4 is 17.5 Å². The summed E-state index contributed by atoms with van der Waals surface area (Å²) in [6.45, 7) is 3.76. The number of hydrogen-bond donors (Lipinski definition) is 0. The van der Waals surface area contributed by atoms with Crippen LogP contribution >= 0.6 is 0 Å². The fourth-order valence-electron chi connectivity index (χ4n) is 4.65. The van der Waals surface area contributed by atoms with Crippen LogP contribution in [0.4, 0.5) is 5.69 Å². The number of likely N-dealkylation sites (tertiary alicyclic amines) is 1. The van der Waals surface area contributed by atoms with Gasteiger partial charge in [0.1, 0.15) is 11.5 Å². The Morgan fingerprint density at radius 1 is 0.903 bits per heavy atom. The van der Waals surface area contributed by atoms with Crippen LogP contribution < -0.4 is 14.4 Å². The lowest BCUT2D eigenvalue weighted by atomic mass is 9.90. The fourth-order valence-corrected chi connectivity index (χ4v) is 4.65. The second kappa shape index (κ2) is 9.00. The van der Waals surface area contributed by atoms with Gasteiger partial charge in [0.05, 0.1) is 26.2 Å². The van der Waals surface area contributed by atoms with E-state index >= 15 is 0 Å². The van der Waals surface area contributed by atoms with Crippen molar-refractivity contribution in [1.29, 1.82) is 0 Å². The molecule has 2 aromatic carbocycles. The van der Waals surface area contributed by atoms with Crippen molar-refractivity contribution in [2.24, 2.45) is 11.8 Å². The van der Waals surface area contributed by atoms with Crippen molar-refractivity contribution in [2.45, 2.75) is 32.2 Å². The first-order chi connectivity index (χ1) is 15.0. The van der Waals surface area contributed by atoms with Crippen LogP contribution in [0, 0.1) is 11.8 Å². The average molecular weight is 423 g/mol. The van der Waals surface area contributed by atoms with Gasteiger partial charge in [-0.05, 0) is 60.7 Å². The van der Waals surface area contributed by atoms with Crippen LogP contribution in [0.25, 0.3) is 0 Å². The molecule has 0 unspecified atom stereocenters. The first-order valence-corrected chi connectivity index (χ1v) is 10.9. The van der Waals surface area contributed by atoms with E-state index in [0.717, 1.165) is 48.7 Å². The molecule has 2 amide bonds. The molecule has 6 nitrogen and oxygen atoms in total. The number of rotatable bonds is 5. The van der Waals surface area contributed by atoms with E-state index in [2.05, 4.69) is 6.92 Å². The highest BCUT2D eigenvalue weighted by molar-refractivity contribution is 6.01. The molecule has 0 N–H and O–H groups in total. The molecule has 0 aromatic heterocycles. The molecule has 2 aliphatic heterocycles. The van der Waals surface area contributed by atoms with Crippen molar-refractivity contribution < 1.29 is 19.1 Å². The van der Waals surface area contributed by atoms with Gasteiger partial charge in [-0.3, -0.25) is 9.59 Å². The Labute approximate surface area is 183 Å². The Morgan fingerprint density at radius 3 is 2.00 bits per heavy atom. The number of benzene rings is 2. The summed E-state index contributed by atoms with van der Waals surface area (Å²) in [6.07, 6.45) is 2.25. The number of nitrogens with zero attached hydrogens (tertiary/aromatic N) is 2. The SMILES string of the molecule is COc1ccc([C@H]2[C@H](C(=O)N3CCC(C)CC3)CC(=O)N2c2ccc(OC)cc2)cc1. The summed E-state index contributed by atoms with van der Waals surface area (Å²) in [5.41, 5.74) is 1.71. The first-order valence-electron chi connectivity index (χ1n) is 10.9. The van der Waals surface area contributed by atoms with E-state index in [9.17, 15) is 9.59 Å². The number of methoxy groups -OCH3 is 2. The molecule has 6 heteroatoms. The molecular weight excluding hydrogens is 392 g/mol. The molecule has 164 valence electrons. The van der Waals surface area contributed by atoms with Crippen LogP contribution in [0.15, 0.2) is 48.5 Å². The Hall–Kier alpha value is -3.02. The van der Waals surface area contributed by atoms with E-state index in [0.29, 0.717) is 5.92 Å². The van der Waals surface area contributed by atoms with Gasteiger partial charge in [0.2, 0.25) is 11.8 Å². The summed E-state index contributed by atoms with van der Waals surface area (Å²) in [4.78, 5) is 30.4. The molecule has 2 saturated heterocycles. The molecule has 4 rings (SSSR count). The monoisotopic (exact) mass is 422 g/mol.